The predicted octanol–water partition coefficient (Wildman–Crippen LogP) is 2.02. The van der Waals surface area contributed by atoms with Crippen LogP contribution in [0.25, 0.3) is 0 Å². The molecule has 1 saturated heterocycles. The first-order chi connectivity index (χ1) is 7.18. The lowest BCUT2D eigenvalue weighted by Gasteiger charge is -2.41. The van der Waals surface area contributed by atoms with Crippen molar-refractivity contribution in [2.24, 2.45) is 0 Å². The highest BCUT2D eigenvalue weighted by Crippen LogP contribution is 2.24. The van der Waals surface area contributed by atoms with E-state index < -0.39 is 0 Å². The van der Waals surface area contributed by atoms with Crippen LogP contribution in [0.15, 0.2) is 23.0 Å². The Bertz CT molecular complexity index is 297. The molecular formula is C12H20N2O. The molecule has 1 aliphatic heterocycles. The minimum atomic E-state index is 0.447. The molecule has 3 heteroatoms. The minimum Gasteiger partial charge on any atom is -0.472 e. The van der Waals surface area contributed by atoms with Crippen LogP contribution in [0.4, 0.5) is 0 Å². The zero-order chi connectivity index (χ0) is 10.8. The standard InChI is InChI=1S/C12H20N2O/c1-9-7-14(10(2)6-13-9)11(3)12-4-5-15-8-12/h4-5,8-11,13H,6-7H2,1-3H3. The van der Waals surface area contributed by atoms with Crippen molar-refractivity contribution in [1.29, 1.82) is 0 Å². The summed E-state index contributed by atoms with van der Waals surface area (Å²) >= 11 is 0. The van der Waals surface area contributed by atoms with Gasteiger partial charge in [-0.15, -0.1) is 0 Å². The number of furan rings is 1. The summed E-state index contributed by atoms with van der Waals surface area (Å²) < 4.78 is 5.15. The van der Waals surface area contributed by atoms with Crippen molar-refractivity contribution in [2.45, 2.75) is 38.9 Å². The Morgan fingerprint density at radius 1 is 1.53 bits per heavy atom. The third-order valence-electron chi connectivity index (χ3n) is 3.34. The lowest BCUT2D eigenvalue weighted by molar-refractivity contribution is 0.103. The van der Waals surface area contributed by atoms with Crippen molar-refractivity contribution in [3.05, 3.63) is 24.2 Å². The van der Waals surface area contributed by atoms with Crippen LogP contribution in [0.5, 0.6) is 0 Å². The van der Waals surface area contributed by atoms with E-state index in [1.54, 1.807) is 6.26 Å². The highest BCUT2D eigenvalue weighted by molar-refractivity contribution is 5.11. The molecule has 2 rings (SSSR count). The van der Waals surface area contributed by atoms with Crippen LogP contribution in [-0.4, -0.2) is 30.1 Å². The fourth-order valence-electron chi connectivity index (χ4n) is 2.29. The van der Waals surface area contributed by atoms with E-state index in [2.05, 4.69) is 37.1 Å². The van der Waals surface area contributed by atoms with E-state index in [0.717, 1.165) is 13.1 Å². The van der Waals surface area contributed by atoms with E-state index in [4.69, 9.17) is 4.42 Å². The molecule has 1 N–H and O–H groups in total. The summed E-state index contributed by atoms with van der Waals surface area (Å²) in [5, 5.41) is 3.50. The number of nitrogens with zero attached hydrogens (tertiary/aromatic N) is 1. The molecule has 15 heavy (non-hydrogen) atoms. The van der Waals surface area contributed by atoms with Crippen LogP contribution in [0, 0.1) is 0 Å². The Balaban J connectivity index is 2.08. The van der Waals surface area contributed by atoms with Crippen LogP contribution < -0.4 is 5.32 Å². The summed E-state index contributed by atoms with van der Waals surface area (Å²) in [7, 11) is 0. The van der Waals surface area contributed by atoms with Crippen molar-refractivity contribution < 1.29 is 4.42 Å². The molecule has 1 aliphatic rings. The van der Waals surface area contributed by atoms with Crippen molar-refractivity contribution in [3.63, 3.8) is 0 Å². The van der Waals surface area contributed by atoms with Gasteiger partial charge in [0.1, 0.15) is 0 Å². The maximum absolute atomic E-state index is 5.15. The Hall–Kier alpha value is -0.800. The molecule has 1 aromatic rings. The van der Waals surface area contributed by atoms with Crippen molar-refractivity contribution in [2.75, 3.05) is 13.1 Å². The summed E-state index contributed by atoms with van der Waals surface area (Å²) in [5.41, 5.74) is 1.27. The second-order valence-corrected chi connectivity index (χ2v) is 4.59. The third-order valence-corrected chi connectivity index (χ3v) is 3.34. The van der Waals surface area contributed by atoms with Gasteiger partial charge >= 0.3 is 0 Å². The Kier molecular flexibility index (Phi) is 3.12. The summed E-state index contributed by atoms with van der Waals surface area (Å²) in [5.74, 6) is 0. The SMILES string of the molecule is CC1CN(C(C)c2ccoc2)C(C)CN1. The third kappa shape index (κ3) is 2.24. The Labute approximate surface area is 91.4 Å². The van der Waals surface area contributed by atoms with E-state index in [9.17, 15) is 0 Å². The van der Waals surface area contributed by atoms with Crippen LogP contribution in [-0.2, 0) is 0 Å². The minimum absolute atomic E-state index is 0.447. The molecule has 1 aromatic heterocycles. The van der Waals surface area contributed by atoms with Gasteiger partial charge < -0.3 is 9.73 Å². The first-order valence-electron chi connectivity index (χ1n) is 5.69. The van der Waals surface area contributed by atoms with E-state index in [1.165, 1.54) is 5.56 Å². The second kappa shape index (κ2) is 4.37. The van der Waals surface area contributed by atoms with Crippen LogP contribution in [0.3, 0.4) is 0 Å². The van der Waals surface area contributed by atoms with Gasteiger partial charge in [-0.25, -0.2) is 0 Å². The molecule has 0 amide bonds. The fourth-order valence-corrected chi connectivity index (χ4v) is 2.29. The molecule has 2 heterocycles. The summed E-state index contributed by atoms with van der Waals surface area (Å²) in [4.78, 5) is 2.53. The van der Waals surface area contributed by atoms with Gasteiger partial charge in [0.05, 0.1) is 12.5 Å². The van der Waals surface area contributed by atoms with Crippen molar-refractivity contribution >= 4 is 0 Å². The normalized spacial score (nSPS) is 30.3. The molecule has 0 saturated carbocycles. The monoisotopic (exact) mass is 208 g/mol. The molecule has 0 aromatic carbocycles. The van der Waals surface area contributed by atoms with E-state index in [1.807, 2.05) is 6.26 Å². The number of rotatable bonds is 2. The molecule has 0 radical (unpaired) electrons. The molecule has 3 atom stereocenters. The van der Waals surface area contributed by atoms with E-state index in [0.29, 0.717) is 18.1 Å². The quantitative estimate of drug-likeness (QED) is 0.806. The average molecular weight is 208 g/mol. The first-order valence-corrected chi connectivity index (χ1v) is 5.69. The van der Waals surface area contributed by atoms with Gasteiger partial charge in [-0.05, 0) is 26.8 Å². The number of nitrogens with one attached hydrogen (secondary N) is 1. The topological polar surface area (TPSA) is 28.4 Å². The number of hydrogen-bond acceptors (Lipinski definition) is 3. The number of hydrogen-bond donors (Lipinski definition) is 1. The maximum Gasteiger partial charge on any atom is 0.0950 e. The van der Waals surface area contributed by atoms with Crippen LogP contribution in [0.1, 0.15) is 32.4 Å². The summed E-state index contributed by atoms with van der Waals surface area (Å²) in [6, 6.07) is 3.68. The highest BCUT2D eigenvalue weighted by Gasteiger charge is 2.27. The van der Waals surface area contributed by atoms with Gasteiger partial charge in [0.25, 0.3) is 0 Å². The zero-order valence-corrected chi connectivity index (χ0v) is 9.73. The van der Waals surface area contributed by atoms with Gasteiger partial charge in [-0.2, -0.15) is 0 Å². The largest absolute Gasteiger partial charge is 0.472 e. The predicted molar refractivity (Wildman–Crippen MR) is 60.8 cm³/mol. The number of piperazine rings is 1. The highest BCUT2D eigenvalue weighted by atomic mass is 16.3. The second-order valence-electron chi connectivity index (χ2n) is 4.59. The molecule has 84 valence electrons. The van der Waals surface area contributed by atoms with Gasteiger partial charge in [0, 0.05) is 36.8 Å². The van der Waals surface area contributed by atoms with Crippen LogP contribution in [0.2, 0.25) is 0 Å². The lowest BCUT2D eigenvalue weighted by atomic mass is 10.0. The van der Waals surface area contributed by atoms with Gasteiger partial charge in [-0.1, -0.05) is 0 Å². The van der Waals surface area contributed by atoms with Gasteiger partial charge in [0.2, 0.25) is 0 Å². The maximum atomic E-state index is 5.15. The first kappa shape index (κ1) is 10.7. The van der Waals surface area contributed by atoms with E-state index in [-0.39, 0.29) is 0 Å². The molecule has 1 fully saturated rings. The Morgan fingerprint density at radius 3 is 3.00 bits per heavy atom. The summed E-state index contributed by atoms with van der Waals surface area (Å²) in [6.45, 7) is 8.94. The van der Waals surface area contributed by atoms with Crippen LogP contribution >= 0.6 is 0 Å². The molecular weight excluding hydrogens is 188 g/mol. The van der Waals surface area contributed by atoms with E-state index >= 15 is 0 Å². The lowest BCUT2D eigenvalue weighted by Crippen LogP contribution is -2.54. The molecule has 3 unspecified atom stereocenters. The molecule has 0 bridgehead atoms. The molecule has 3 nitrogen and oxygen atoms in total. The zero-order valence-electron chi connectivity index (χ0n) is 9.73. The van der Waals surface area contributed by atoms with Crippen molar-refractivity contribution in [3.8, 4) is 0 Å². The van der Waals surface area contributed by atoms with Gasteiger partial charge in [-0.3, -0.25) is 4.90 Å². The fraction of sp³-hybridized carbons (Fsp3) is 0.667. The molecule has 0 spiro atoms. The average Bonchev–Trinajstić information content (AvgIpc) is 2.74. The Morgan fingerprint density at radius 2 is 2.33 bits per heavy atom. The van der Waals surface area contributed by atoms with Crippen molar-refractivity contribution in [1.82, 2.24) is 10.2 Å². The summed E-state index contributed by atoms with van der Waals surface area (Å²) in [6.07, 6.45) is 3.60. The molecule has 0 aliphatic carbocycles. The van der Waals surface area contributed by atoms with Gasteiger partial charge in [0.15, 0.2) is 0 Å². The smallest absolute Gasteiger partial charge is 0.0950 e.